The maximum atomic E-state index is 13.3. The molecule has 1 amide bonds. The molecule has 3 rings (SSSR count). The highest BCUT2D eigenvalue weighted by molar-refractivity contribution is 5.92. The molecule has 0 saturated carbocycles. The van der Waals surface area contributed by atoms with Gasteiger partial charge in [0, 0.05) is 31.9 Å². The van der Waals surface area contributed by atoms with E-state index in [1.165, 1.54) is 16.8 Å². The molecular formula is C16H19FN4O. The molecule has 1 aliphatic rings. The summed E-state index contributed by atoms with van der Waals surface area (Å²) in [6, 6.07) is 7.98. The molecule has 22 heavy (non-hydrogen) atoms. The summed E-state index contributed by atoms with van der Waals surface area (Å²) in [4.78, 5) is 16.6. The Morgan fingerprint density at radius 3 is 2.86 bits per heavy atom. The minimum absolute atomic E-state index is 0.0734. The molecule has 6 heteroatoms. The SMILES string of the molecule is C[C@H]1CN(C)CCN1C(=O)c1ccn(-c2cccc(F)c2)n1. The molecule has 0 unspecified atom stereocenters. The van der Waals surface area contributed by atoms with Crippen LogP contribution in [0.5, 0.6) is 0 Å². The fourth-order valence-corrected chi connectivity index (χ4v) is 2.79. The zero-order chi connectivity index (χ0) is 15.7. The van der Waals surface area contributed by atoms with Crippen LogP contribution in [0.4, 0.5) is 4.39 Å². The molecule has 0 spiro atoms. The van der Waals surface area contributed by atoms with Crippen molar-refractivity contribution in [2.75, 3.05) is 26.7 Å². The number of likely N-dealkylation sites (N-methyl/N-ethyl adjacent to an activating group) is 1. The molecule has 1 fully saturated rings. The van der Waals surface area contributed by atoms with E-state index < -0.39 is 0 Å². The van der Waals surface area contributed by atoms with Gasteiger partial charge in [-0.2, -0.15) is 5.10 Å². The first-order valence-electron chi connectivity index (χ1n) is 7.36. The number of hydrogen-bond acceptors (Lipinski definition) is 3. The Balaban J connectivity index is 1.80. The van der Waals surface area contributed by atoms with Gasteiger partial charge in [-0.25, -0.2) is 9.07 Å². The van der Waals surface area contributed by atoms with Gasteiger partial charge >= 0.3 is 0 Å². The van der Waals surface area contributed by atoms with E-state index in [9.17, 15) is 9.18 Å². The average molecular weight is 302 g/mol. The Labute approximate surface area is 128 Å². The summed E-state index contributed by atoms with van der Waals surface area (Å²) in [5.74, 6) is -0.399. The van der Waals surface area contributed by atoms with Crippen LogP contribution in [0, 0.1) is 5.82 Å². The number of rotatable bonds is 2. The third-order valence-corrected chi connectivity index (χ3v) is 3.97. The number of carbonyl (C=O) groups is 1. The van der Waals surface area contributed by atoms with Crippen molar-refractivity contribution in [2.45, 2.75) is 13.0 Å². The van der Waals surface area contributed by atoms with Crippen molar-refractivity contribution in [3.63, 3.8) is 0 Å². The van der Waals surface area contributed by atoms with Gasteiger partial charge < -0.3 is 9.80 Å². The molecule has 0 N–H and O–H groups in total. The van der Waals surface area contributed by atoms with Crippen molar-refractivity contribution in [1.82, 2.24) is 19.6 Å². The average Bonchev–Trinajstić information content (AvgIpc) is 2.96. The minimum Gasteiger partial charge on any atom is -0.332 e. The standard InChI is InChI=1S/C16H19FN4O/c1-12-11-19(2)8-9-20(12)16(22)15-6-7-21(18-15)14-5-3-4-13(17)10-14/h3-7,10,12H,8-9,11H2,1-2H3/t12-/m0/s1. The van der Waals surface area contributed by atoms with Crippen LogP contribution in [0.3, 0.4) is 0 Å². The van der Waals surface area contributed by atoms with E-state index in [4.69, 9.17) is 0 Å². The lowest BCUT2D eigenvalue weighted by Crippen LogP contribution is -2.52. The lowest BCUT2D eigenvalue weighted by Gasteiger charge is -2.37. The summed E-state index contributed by atoms with van der Waals surface area (Å²) >= 11 is 0. The van der Waals surface area contributed by atoms with E-state index in [0.717, 1.165) is 13.1 Å². The Hall–Kier alpha value is -2.21. The summed E-state index contributed by atoms with van der Waals surface area (Å²) in [6.45, 7) is 4.46. The second-order valence-corrected chi connectivity index (χ2v) is 5.74. The number of hydrogen-bond donors (Lipinski definition) is 0. The van der Waals surface area contributed by atoms with Crippen molar-refractivity contribution in [2.24, 2.45) is 0 Å². The summed E-state index contributed by atoms with van der Waals surface area (Å²) in [6.07, 6.45) is 1.68. The van der Waals surface area contributed by atoms with Gasteiger partial charge in [0.05, 0.1) is 5.69 Å². The normalized spacial score (nSPS) is 19.4. The van der Waals surface area contributed by atoms with Crippen LogP contribution in [-0.2, 0) is 0 Å². The molecule has 1 aromatic heterocycles. The van der Waals surface area contributed by atoms with E-state index in [-0.39, 0.29) is 17.8 Å². The highest BCUT2D eigenvalue weighted by atomic mass is 19.1. The molecule has 0 aliphatic carbocycles. The highest BCUT2D eigenvalue weighted by Gasteiger charge is 2.27. The molecule has 0 bridgehead atoms. The van der Waals surface area contributed by atoms with E-state index in [1.54, 1.807) is 24.4 Å². The molecular weight excluding hydrogens is 283 g/mol. The van der Waals surface area contributed by atoms with E-state index >= 15 is 0 Å². The number of halogens is 1. The summed E-state index contributed by atoms with van der Waals surface area (Å²) in [5.41, 5.74) is 0.992. The van der Waals surface area contributed by atoms with Gasteiger partial charge in [-0.15, -0.1) is 0 Å². The Kier molecular flexibility index (Phi) is 3.94. The highest BCUT2D eigenvalue weighted by Crippen LogP contribution is 2.14. The Morgan fingerprint density at radius 2 is 2.14 bits per heavy atom. The van der Waals surface area contributed by atoms with Crippen molar-refractivity contribution < 1.29 is 9.18 Å². The predicted molar refractivity (Wildman–Crippen MR) is 81.5 cm³/mol. The van der Waals surface area contributed by atoms with E-state index in [1.807, 2.05) is 11.8 Å². The minimum atomic E-state index is -0.325. The molecule has 0 radical (unpaired) electrons. The zero-order valence-corrected chi connectivity index (χ0v) is 12.7. The zero-order valence-electron chi connectivity index (χ0n) is 12.7. The lowest BCUT2D eigenvalue weighted by molar-refractivity contribution is 0.0527. The van der Waals surface area contributed by atoms with Crippen LogP contribution in [0.15, 0.2) is 36.5 Å². The van der Waals surface area contributed by atoms with E-state index in [0.29, 0.717) is 17.9 Å². The van der Waals surface area contributed by atoms with Crippen LogP contribution in [0.1, 0.15) is 17.4 Å². The van der Waals surface area contributed by atoms with Crippen LogP contribution < -0.4 is 0 Å². The monoisotopic (exact) mass is 302 g/mol. The molecule has 2 aromatic rings. The fourth-order valence-electron chi connectivity index (χ4n) is 2.79. The number of nitrogens with zero attached hydrogens (tertiary/aromatic N) is 4. The number of aromatic nitrogens is 2. The second kappa shape index (κ2) is 5.88. The number of carbonyl (C=O) groups excluding carboxylic acids is 1. The number of amides is 1. The van der Waals surface area contributed by atoms with Crippen molar-refractivity contribution >= 4 is 5.91 Å². The van der Waals surface area contributed by atoms with Crippen LogP contribution in [0.25, 0.3) is 5.69 Å². The first kappa shape index (κ1) is 14.7. The lowest BCUT2D eigenvalue weighted by atomic mass is 10.2. The van der Waals surface area contributed by atoms with E-state index in [2.05, 4.69) is 17.0 Å². The summed E-state index contributed by atoms with van der Waals surface area (Å²) in [5, 5.41) is 4.30. The van der Waals surface area contributed by atoms with Crippen LogP contribution in [-0.4, -0.2) is 58.2 Å². The molecule has 116 valence electrons. The third kappa shape index (κ3) is 2.87. The predicted octanol–water partition coefficient (Wildman–Crippen LogP) is 1.79. The van der Waals surface area contributed by atoms with Crippen LogP contribution in [0.2, 0.25) is 0 Å². The topological polar surface area (TPSA) is 41.4 Å². The molecule has 2 heterocycles. The van der Waals surface area contributed by atoms with Gasteiger partial charge in [0.15, 0.2) is 5.69 Å². The smallest absolute Gasteiger partial charge is 0.274 e. The first-order valence-corrected chi connectivity index (χ1v) is 7.36. The fraction of sp³-hybridized carbons (Fsp3) is 0.375. The largest absolute Gasteiger partial charge is 0.332 e. The summed E-state index contributed by atoms with van der Waals surface area (Å²) in [7, 11) is 2.05. The van der Waals surface area contributed by atoms with Gasteiger partial charge in [-0.3, -0.25) is 4.79 Å². The van der Waals surface area contributed by atoms with Gasteiger partial charge in [0.2, 0.25) is 0 Å². The van der Waals surface area contributed by atoms with Gasteiger partial charge in [-0.05, 0) is 38.2 Å². The second-order valence-electron chi connectivity index (χ2n) is 5.74. The number of piperazine rings is 1. The van der Waals surface area contributed by atoms with Crippen LogP contribution >= 0.6 is 0 Å². The van der Waals surface area contributed by atoms with Gasteiger partial charge in [0.25, 0.3) is 5.91 Å². The number of benzene rings is 1. The first-order chi connectivity index (χ1) is 10.5. The molecule has 1 aliphatic heterocycles. The molecule has 1 saturated heterocycles. The maximum absolute atomic E-state index is 13.3. The maximum Gasteiger partial charge on any atom is 0.274 e. The Morgan fingerprint density at radius 1 is 1.32 bits per heavy atom. The molecule has 1 atom stereocenters. The van der Waals surface area contributed by atoms with Crippen molar-refractivity contribution in [1.29, 1.82) is 0 Å². The quantitative estimate of drug-likeness (QED) is 0.849. The van der Waals surface area contributed by atoms with Crippen molar-refractivity contribution in [3.8, 4) is 5.69 Å². The van der Waals surface area contributed by atoms with Gasteiger partial charge in [0.1, 0.15) is 5.82 Å². The molecule has 1 aromatic carbocycles. The molecule has 5 nitrogen and oxygen atoms in total. The van der Waals surface area contributed by atoms with Gasteiger partial charge in [-0.1, -0.05) is 6.07 Å². The third-order valence-electron chi connectivity index (χ3n) is 3.97. The summed E-state index contributed by atoms with van der Waals surface area (Å²) < 4.78 is 14.8. The Bertz CT molecular complexity index is 684. The van der Waals surface area contributed by atoms with Crippen molar-refractivity contribution in [3.05, 3.63) is 48.0 Å².